The molecule has 0 aromatic rings. The van der Waals surface area contributed by atoms with Gasteiger partial charge in [0.05, 0.1) is 25.4 Å². The second-order valence-corrected chi connectivity index (χ2v) is 22.5. The van der Waals surface area contributed by atoms with Crippen LogP contribution >= 0.6 is 0 Å². The van der Waals surface area contributed by atoms with Crippen molar-refractivity contribution in [2.75, 3.05) is 13.2 Å². The van der Waals surface area contributed by atoms with E-state index in [4.69, 9.17) is 14.2 Å². The fourth-order valence-corrected chi connectivity index (χ4v) is 10.2. The molecule has 1 aliphatic rings. The Kier molecular flexibility index (Phi) is 50.1. The summed E-state index contributed by atoms with van der Waals surface area (Å²) >= 11 is 0. The maximum atomic E-state index is 13.4. The topological polar surface area (TPSA) is 175 Å². The number of esters is 1. The van der Waals surface area contributed by atoms with Crippen LogP contribution in [0, 0.1) is 0 Å². The Balaban J connectivity index is 2.62. The molecule has 11 heteroatoms. The van der Waals surface area contributed by atoms with Crippen molar-refractivity contribution in [2.24, 2.45) is 0 Å². The summed E-state index contributed by atoms with van der Waals surface area (Å²) in [6.45, 7) is 5.80. The highest BCUT2D eigenvalue weighted by atomic mass is 16.7. The van der Waals surface area contributed by atoms with Crippen molar-refractivity contribution in [2.45, 2.75) is 359 Å². The van der Waals surface area contributed by atoms with E-state index in [0.29, 0.717) is 19.3 Å². The second kappa shape index (κ2) is 52.8. The average Bonchev–Trinajstić information content (AvgIpc) is 3.41. The van der Waals surface area contributed by atoms with Crippen LogP contribution < -0.4 is 5.32 Å². The van der Waals surface area contributed by atoms with Crippen molar-refractivity contribution < 1.29 is 49.3 Å². The molecule has 1 fully saturated rings. The third-order valence-electron chi connectivity index (χ3n) is 15.4. The summed E-state index contributed by atoms with van der Waals surface area (Å²) in [6.07, 6.45) is 50.8. The predicted molar refractivity (Wildman–Crippen MR) is 311 cm³/mol. The minimum Gasteiger partial charge on any atom is -0.454 e. The van der Waals surface area contributed by atoms with Crippen molar-refractivity contribution in [3.63, 3.8) is 0 Å². The molecule has 0 bridgehead atoms. The van der Waals surface area contributed by atoms with Crippen LogP contribution in [0.3, 0.4) is 0 Å². The van der Waals surface area contributed by atoms with E-state index in [1.54, 1.807) is 6.08 Å². The van der Waals surface area contributed by atoms with Crippen LogP contribution in [0.5, 0.6) is 0 Å². The van der Waals surface area contributed by atoms with Gasteiger partial charge in [-0.3, -0.25) is 9.59 Å². The zero-order chi connectivity index (χ0) is 54.7. The molecule has 442 valence electrons. The van der Waals surface area contributed by atoms with Gasteiger partial charge in [-0.25, -0.2) is 0 Å². The Morgan fingerprint density at radius 1 is 0.507 bits per heavy atom. The highest BCUT2D eigenvalue weighted by Crippen LogP contribution is 2.26. The normalized spacial score (nSPS) is 19.3. The molecule has 1 saturated heterocycles. The lowest BCUT2D eigenvalue weighted by atomic mass is 9.99. The second-order valence-electron chi connectivity index (χ2n) is 22.5. The molecule has 75 heavy (non-hydrogen) atoms. The van der Waals surface area contributed by atoms with Crippen molar-refractivity contribution in [1.29, 1.82) is 0 Å². The minimum absolute atomic E-state index is 0.122. The third-order valence-corrected chi connectivity index (χ3v) is 15.4. The lowest BCUT2D eigenvalue weighted by Gasteiger charge is -2.41. The zero-order valence-corrected chi connectivity index (χ0v) is 48.9. The summed E-state index contributed by atoms with van der Waals surface area (Å²) in [5.41, 5.74) is 0. The number of ether oxygens (including phenoxy) is 3. The molecule has 0 aromatic carbocycles. The van der Waals surface area contributed by atoms with Crippen molar-refractivity contribution >= 4 is 11.9 Å². The van der Waals surface area contributed by atoms with Crippen LogP contribution in [-0.2, 0) is 23.8 Å². The van der Waals surface area contributed by atoms with Crippen LogP contribution in [0.4, 0.5) is 0 Å². The van der Waals surface area contributed by atoms with E-state index in [0.717, 1.165) is 70.6 Å². The van der Waals surface area contributed by atoms with Crippen molar-refractivity contribution in [1.82, 2.24) is 5.32 Å². The largest absolute Gasteiger partial charge is 0.454 e. The van der Waals surface area contributed by atoms with Gasteiger partial charge in [0.2, 0.25) is 5.91 Å². The van der Waals surface area contributed by atoms with Gasteiger partial charge in [-0.05, 0) is 51.4 Å². The number of hydrogen-bond donors (Lipinski definition) is 6. The van der Waals surface area contributed by atoms with Crippen LogP contribution in [0.25, 0.3) is 0 Å². The molecule has 1 amide bonds. The van der Waals surface area contributed by atoms with Gasteiger partial charge >= 0.3 is 5.97 Å². The van der Waals surface area contributed by atoms with E-state index >= 15 is 0 Å². The van der Waals surface area contributed by atoms with E-state index in [1.165, 1.54) is 193 Å². The fraction of sp³-hybridized carbons (Fsp3) is 0.906. The summed E-state index contributed by atoms with van der Waals surface area (Å²) in [5, 5.41) is 57.0. The van der Waals surface area contributed by atoms with Gasteiger partial charge in [0, 0.05) is 6.42 Å². The van der Waals surface area contributed by atoms with Crippen LogP contribution in [0.15, 0.2) is 24.3 Å². The summed E-state index contributed by atoms with van der Waals surface area (Å²) in [4.78, 5) is 26.5. The van der Waals surface area contributed by atoms with E-state index in [9.17, 15) is 35.1 Å². The number of amides is 1. The van der Waals surface area contributed by atoms with Gasteiger partial charge < -0.3 is 45.1 Å². The fourth-order valence-electron chi connectivity index (χ4n) is 10.2. The monoisotopic (exact) mass is 1060 g/mol. The highest BCUT2D eigenvalue weighted by Gasteiger charge is 2.47. The van der Waals surface area contributed by atoms with Crippen LogP contribution in [-0.4, -0.2) is 99.6 Å². The number of allylic oxidation sites excluding steroid dienone is 3. The first kappa shape index (κ1) is 71.2. The summed E-state index contributed by atoms with van der Waals surface area (Å²) in [7, 11) is 0. The molecule has 0 radical (unpaired) electrons. The molecule has 8 unspecified atom stereocenters. The molecule has 0 spiro atoms. The smallest absolute Gasteiger partial charge is 0.306 e. The van der Waals surface area contributed by atoms with Crippen LogP contribution in [0.2, 0.25) is 0 Å². The quantitative estimate of drug-likeness (QED) is 0.0195. The molecular weight excluding hydrogens is 943 g/mol. The number of nitrogens with one attached hydrogen (secondary N) is 1. The minimum atomic E-state index is -1.61. The Morgan fingerprint density at radius 3 is 1.31 bits per heavy atom. The van der Waals surface area contributed by atoms with E-state index < -0.39 is 67.4 Å². The maximum absolute atomic E-state index is 13.4. The summed E-state index contributed by atoms with van der Waals surface area (Å²) in [6, 6.07) is -1.02. The van der Waals surface area contributed by atoms with Gasteiger partial charge in [0.15, 0.2) is 12.4 Å². The van der Waals surface area contributed by atoms with E-state index in [1.807, 2.05) is 6.08 Å². The average molecular weight is 1060 g/mol. The molecular formula is C64H121NO10. The van der Waals surface area contributed by atoms with Crippen molar-refractivity contribution in [3.05, 3.63) is 24.3 Å². The predicted octanol–water partition coefficient (Wildman–Crippen LogP) is 15.3. The SMILES string of the molecule is CCCCCC/C=C\CCCCCCCCCC(=O)OC1C(OCC(NC(=O)C(O)CCCCCCCCCCCCCCCCCCCCCC)C(O)/C=C/CCCCCCCCCCC)OC(CO)C(O)C1O. The van der Waals surface area contributed by atoms with Gasteiger partial charge in [-0.2, -0.15) is 0 Å². The Bertz CT molecular complexity index is 1310. The number of hydrogen-bond acceptors (Lipinski definition) is 10. The van der Waals surface area contributed by atoms with Gasteiger partial charge in [0.1, 0.15) is 24.4 Å². The number of aliphatic hydroxyl groups is 5. The third kappa shape index (κ3) is 40.9. The number of aliphatic hydroxyl groups excluding tert-OH is 5. The molecule has 8 atom stereocenters. The van der Waals surface area contributed by atoms with Gasteiger partial charge in [0.25, 0.3) is 0 Å². The lowest BCUT2D eigenvalue weighted by molar-refractivity contribution is -0.305. The first-order valence-corrected chi connectivity index (χ1v) is 32.1. The molecule has 1 heterocycles. The zero-order valence-electron chi connectivity index (χ0n) is 48.9. The van der Waals surface area contributed by atoms with Crippen LogP contribution in [0.1, 0.15) is 310 Å². The Hall–Kier alpha value is -1.86. The molecule has 0 aromatic heterocycles. The van der Waals surface area contributed by atoms with Gasteiger partial charge in [-0.1, -0.05) is 276 Å². The summed E-state index contributed by atoms with van der Waals surface area (Å²) in [5.74, 6) is -1.19. The molecule has 11 nitrogen and oxygen atoms in total. The number of unbranched alkanes of at least 4 members (excludes halogenated alkanes) is 39. The molecule has 0 saturated carbocycles. The maximum Gasteiger partial charge on any atom is 0.306 e. The van der Waals surface area contributed by atoms with Gasteiger partial charge in [-0.15, -0.1) is 0 Å². The standard InChI is InChI=1S/C64H121NO10/c1-4-7-10-13-16-19-22-24-26-27-28-29-30-32-33-36-39-42-45-48-51-57(68)63(72)65-55(56(67)50-47-44-41-38-35-21-18-15-12-9-6-3)54-73-64-62(61(71)60(70)58(53-66)74-64)75-59(69)52-49-46-43-40-37-34-31-25-23-20-17-14-11-8-5-2/h20,23,47,50,55-58,60-62,64,66-68,70-71H,4-19,21-22,24-46,48-49,51-54H2,1-3H3,(H,65,72)/b23-20-,50-47+. The number of carbonyl (C=O) groups is 2. The first-order valence-electron chi connectivity index (χ1n) is 32.1. The van der Waals surface area contributed by atoms with E-state index in [2.05, 4.69) is 38.2 Å². The Labute approximate surface area is 461 Å². The molecule has 6 N–H and O–H groups in total. The molecule has 1 rings (SSSR count). The lowest BCUT2D eigenvalue weighted by Crippen LogP contribution is -2.61. The highest BCUT2D eigenvalue weighted by molar-refractivity contribution is 5.80. The number of rotatable bonds is 55. The van der Waals surface area contributed by atoms with Crippen molar-refractivity contribution in [3.8, 4) is 0 Å². The van der Waals surface area contributed by atoms with E-state index in [-0.39, 0.29) is 13.0 Å². The first-order chi connectivity index (χ1) is 36.7. The Morgan fingerprint density at radius 2 is 0.880 bits per heavy atom. The molecule has 1 aliphatic heterocycles. The summed E-state index contributed by atoms with van der Waals surface area (Å²) < 4.78 is 17.6. The molecule has 0 aliphatic carbocycles. The number of carbonyl (C=O) groups excluding carboxylic acids is 2.